The summed E-state index contributed by atoms with van der Waals surface area (Å²) >= 11 is 0. The van der Waals surface area contributed by atoms with Crippen LogP contribution in [-0.4, -0.2) is 39.8 Å². The number of nitrogens with one attached hydrogen (secondary N) is 2. The third-order valence-corrected chi connectivity index (χ3v) is 4.95. The van der Waals surface area contributed by atoms with Gasteiger partial charge < -0.3 is 5.32 Å². The molecule has 2 saturated heterocycles. The molecule has 2 atom stereocenters. The largest absolute Gasteiger partial charge is 0.382 e. The van der Waals surface area contributed by atoms with Crippen LogP contribution in [0.5, 0.6) is 0 Å². The zero-order chi connectivity index (χ0) is 14.2. The van der Waals surface area contributed by atoms with Crippen molar-refractivity contribution in [2.75, 3.05) is 11.9 Å². The molecule has 0 spiro atoms. The van der Waals surface area contributed by atoms with Gasteiger partial charge in [0.15, 0.2) is 0 Å². The van der Waals surface area contributed by atoms with Gasteiger partial charge in [0.05, 0.1) is 24.3 Å². The number of H-pyrrole nitrogens is 1. The standard InChI is InChI=1S/C16H19N5/c17-5-6-21-14-2-3-15(21)9-13(8-14)19-12-1-4-16-11(7-12)10-18-20-16/h1,4,7,10,13-15,19H,2-3,6,8-9H2,(H,18,20). The third-order valence-electron chi connectivity index (χ3n) is 4.95. The Morgan fingerprint density at radius 2 is 2.14 bits per heavy atom. The molecule has 2 aliphatic heterocycles. The number of fused-ring (bicyclic) bond motifs is 3. The Hall–Kier alpha value is -2.06. The van der Waals surface area contributed by atoms with E-state index in [1.54, 1.807) is 0 Å². The molecule has 5 heteroatoms. The number of nitriles is 1. The summed E-state index contributed by atoms with van der Waals surface area (Å²) in [6.45, 7) is 0.586. The minimum Gasteiger partial charge on any atom is -0.382 e. The lowest BCUT2D eigenvalue weighted by Crippen LogP contribution is -2.46. The molecule has 108 valence electrons. The molecule has 5 nitrogen and oxygen atoms in total. The van der Waals surface area contributed by atoms with Gasteiger partial charge in [-0.05, 0) is 43.9 Å². The first kappa shape index (κ1) is 12.7. The predicted octanol–water partition coefficient (Wildman–Crippen LogP) is 2.49. The number of anilines is 1. The van der Waals surface area contributed by atoms with Crippen molar-refractivity contribution in [3.05, 3.63) is 24.4 Å². The van der Waals surface area contributed by atoms with Gasteiger partial charge in [-0.15, -0.1) is 0 Å². The molecule has 2 bridgehead atoms. The summed E-state index contributed by atoms with van der Waals surface area (Å²) < 4.78 is 0. The smallest absolute Gasteiger partial charge is 0.0870 e. The summed E-state index contributed by atoms with van der Waals surface area (Å²) in [5.74, 6) is 0. The Bertz CT molecular complexity index is 671. The Labute approximate surface area is 123 Å². The Morgan fingerprint density at radius 1 is 1.33 bits per heavy atom. The molecule has 4 rings (SSSR count). The fourth-order valence-electron chi connectivity index (χ4n) is 4.00. The Kier molecular flexibility index (Phi) is 3.04. The van der Waals surface area contributed by atoms with Crippen molar-refractivity contribution in [1.82, 2.24) is 15.1 Å². The van der Waals surface area contributed by atoms with Crippen LogP contribution in [0.4, 0.5) is 5.69 Å². The molecule has 0 amide bonds. The first-order valence-corrected chi connectivity index (χ1v) is 7.66. The number of rotatable bonds is 3. The minimum absolute atomic E-state index is 0.516. The lowest BCUT2D eigenvalue weighted by molar-refractivity contribution is 0.151. The molecule has 2 aromatic rings. The first-order chi connectivity index (χ1) is 10.3. The quantitative estimate of drug-likeness (QED) is 0.848. The normalized spacial score (nSPS) is 28.6. The Morgan fingerprint density at radius 3 is 2.90 bits per heavy atom. The fourth-order valence-corrected chi connectivity index (χ4v) is 4.00. The number of aromatic nitrogens is 2. The summed E-state index contributed by atoms with van der Waals surface area (Å²) in [6.07, 6.45) is 6.62. The van der Waals surface area contributed by atoms with Gasteiger partial charge in [0, 0.05) is 29.2 Å². The number of benzene rings is 1. The van der Waals surface area contributed by atoms with Crippen LogP contribution in [0.1, 0.15) is 25.7 Å². The highest BCUT2D eigenvalue weighted by Crippen LogP contribution is 2.36. The van der Waals surface area contributed by atoms with Gasteiger partial charge in [0.1, 0.15) is 0 Å². The van der Waals surface area contributed by atoms with Crippen molar-refractivity contribution in [2.45, 2.75) is 43.8 Å². The highest BCUT2D eigenvalue weighted by molar-refractivity contribution is 5.81. The summed E-state index contributed by atoms with van der Waals surface area (Å²) in [6, 6.07) is 10.3. The molecule has 2 N–H and O–H groups in total. The highest BCUT2D eigenvalue weighted by atomic mass is 15.2. The topological polar surface area (TPSA) is 67.7 Å². The second-order valence-electron chi connectivity index (χ2n) is 6.20. The molecular weight excluding hydrogens is 262 g/mol. The van der Waals surface area contributed by atoms with Crippen LogP contribution < -0.4 is 5.32 Å². The van der Waals surface area contributed by atoms with Crippen molar-refractivity contribution in [2.24, 2.45) is 0 Å². The molecule has 2 fully saturated rings. The lowest BCUT2D eigenvalue weighted by Gasteiger charge is -2.38. The molecule has 2 unspecified atom stereocenters. The molecular formula is C16H19N5. The maximum atomic E-state index is 8.95. The van der Waals surface area contributed by atoms with Crippen LogP contribution in [0.25, 0.3) is 10.9 Å². The molecule has 21 heavy (non-hydrogen) atoms. The second-order valence-corrected chi connectivity index (χ2v) is 6.20. The van der Waals surface area contributed by atoms with Crippen LogP contribution in [0, 0.1) is 11.3 Å². The molecule has 0 radical (unpaired) electrons. The van der Waals surface area contributed by atoms with E-state index in [1.807, 2.05) is 6.20 Å². The summed E-state index contributed by atoms with van der Waals surface area (Å²) in [5, 5.41) is 20.8. The summed E-state index contributed by atoms with van der Waals surface area (Å²) in [5.41, 5.74) is 2.24. The fraction of sp³-hybridized carbons (Fsp3) is 0.500. The van der Waals surface area contributed by atoms with Crippen LogP contribution in [0.15, 0.2) is 24.4 Å². The number of piperidine rings is 1. The van der Waals surface area contributed by atoms with Crippen molar-refractivity contribution in [3.8, 4) is 6.07 Å². The third kappa shape index (κ3) is 2.26. The van der Waals surface area contributed by atoms with E-state index in [0.717, 1.165) is 23.7 Å². The van der Waals surface area contributed by atoms with Crippen LogP contribution in [0.3, 0.4) is 0 Å². The second kappa shape index (κ2) is 5.05. The molecule has 1 aromatic heterocycles. The molecule has 0 saturated carbocycles. The SMILES string of the molecule is N#CCN1C2CCC1CC(Nc1ccc3[nH]ncc3c1)C2. The van der Waals surface area contributed by atoms with Crippen molar-refractivity contribution >= 4 is 16.6 Å². The van der Waals surface area contributed by atoms with E-state index in [4.69, 9.17) is 5.26 Å². The average Bonchev–Trinajstić information content (AvgIpc) is 3.02. The molecule has 2 aliphatic rings. The van der Waals surface area contributed by atoms with E-state index in [0.29, 0.717) is 24.7 Å². The number of nitrogens with zero attached hydrogens (tertiary/aromatic N) is 3. The van der Waals surface area contributed by atoms with E-state index in [-0.39, 0.29) is 0 Å². The molecule has 3 heterocycles. The van der Waals surface area contributed by atoms with E-state index < -0.39 is 0 Å². The monoisotopic (exact) mass is 281 g/mol. The Balaban J connectivity index is 1.48. The highest BCUT2D eigenvalue weighted by Gasteiger charge is 2.40. The number of hydrogen-bond donors (Lipinski definition) is 2. The maximum absolute atomic E-state index is 8.95. The van der Waals surface area contributed by atoms with Crippen molar-refractivity contribution < 1.29 is 0 Å². The molecule has 1 aromatic carbocycles. The van der Waals surface area contributed by atoms with Crippen molar-refractivity contribution in [1.29, 1.82) is 5.26 Å². The van der Waals surface area contributed by atoms with Gasteiger partial charge in [0.25, 0.3) is 0 Å². The maximum Gasteiger partial charge on any atom is 0.0870 e. The van der Waals surface area contributed by atoms with Crippen LogP contribution >= 0.6 is 0 Å². The van der Waals surface area contributed by atoms with Gasteiger partial charge in [-0.25, -0.2) is 0 Å². The summed E-state index contributed by atoms with van der Waals surface area (Å²) in [7, 11) is 0. The number of hydrogen-bond acceptors (Lipinski definition) is 4. The van der Waals surface area contributed by atoms with Gasteiger partial charge in [-0.2, -0.15) is 10.4 Å². The van der Waals surface area contributed by atoms with Gasteiger partial charge >= 0.3 is 0 Å². The van der Waals surface area contributed by atoms with Gasteiger partial charge in [-0.3, -0.25) is 10.00 Å². The van der Waals surface area contributed by atoms with Gasteiger partial charge in [-0.1, -0.05) is 0 Å². The number of aromatic amines is 1. The van der Waals surface area contributed by atoms with E-state index in [1.165, 1.54) is 18.5 Å². The van der Waals surface area contributed by atoms with Crippen LogP contribution in [-0.2, 0) is 0 Å². The van der Waals surface area contributed by atoms with Crippen LogP contribution in [0.2, 0.25) is 0 Å². The predicted molar refractivity (Wildman–Crippen MR) is 81.9 cm³/mol. The van der Waals surface area contributed by atoms with E-state index >= 15 is 0 Å². The minimum atomic E-state index is 0.516. The first-order valence-electron chi connectivity index (χ1n) is 7.66. The zero-order valence-electron chi connectivity index (χ0n) is 11.9. The average molecular weight is 281 g/mol. The summed E-state index contributed by atoms with van der Waals surface area (Å²) in [4.78, 5) is 2.40. The molecule has 0 aliphatic carbocycles. The lowest BCUT2D eigenvalue weighted by atomic mass is 9.97. The zero-order valence-corrected chi connectivity index (χ0v) is 11.9. The van der Waals surface area contributed by atoms with Gasteiger partial charge in [0.2, 0.25) is 0 Å². The van der Waals surface area contributed by atoms with E-state index in [2.05, 4.69) is 44.7 Å². The van der Waals surface area contributed by atoms with Crippen molar-refractivity contribution in [3.63, 3.8) is 0 Å². The van der Waals surface area contributed by atoms with E-state index in [9.17, 15) is 0 Å².